The molecule has 161 valence electrons. The van der Waals surface area contributed by atoms with Crippen LogP contribution in [0.25, 0.3) is 11.6 Å². The monoisotopic (exact) mass is 504 g/mol. The van der Waals surface area contributed by atoms with Crippen LogP contribution >= 0.6 is 0 Å². The van der Waals surface area contributed by atoms with Gasteiger partial charge in [-0.15, -0.1) is 6.20 Å². The maximum Gasteiger partial charge on any atom is 0.256 e. The van der Waals surface area contributed by atoms with Gasteiger partial charge in [0.15, 0.2) is 5.82 Å². The summed E-state index contributed by atoms with van der Waals surface area (Å²) in [5, 5.41) is 17.6. The van der Waals surface area contributed by atoms with Crippen molar-refractivity contribution in [2.45, 2.75) is 41.5 Å². The van der Waals surface area contributed by atoms with Gasteiger partial charge in [-0.3, -0.25) is 5.10 Å². The molecule has 0 amide bonds. The van der Waals surface area contributed by atoms with Gasteiger partial charge in [0.1, 0.15) is 17.3 Å². The minimum absolute atomic E-state index is 0. The molecule has 0 aliphatic rings. The molecule has 0 aliphatic heterocycles. The molecule has 0 saturated carbocycles. The molecule has 0 saturated heterocycles. The minimum Gasteiger partial charge on any atom is -0.382 e. The van der Waals surface area contributed by atoms with Gasteiger partial charge in [-0.25, -0.2) is 10.1 Å². The second-order valence-electron chi connectivity index (χ2n) is 7.48. The van der Waals surface area contributed by atoms with Gasteiger partial charge in [0.25, 0.3) is 5.95 Å². The maximum atomic E-state index is 6.32. The van der Waals surface area contributed by atoms with E-state index in [1.165, 1.54) is 4.68 Å². The Bertz CT molecular complexity index is 1280. The summed E-state index contributed by atoms with van der Waals surface area (Å²) in [6, 6.07) is 6.18. The van der Waals surface area contributed by atoms with Gasteiger partial charge in [-0.1, -0.05) is 13.0 Å². The van der Waals surface area contributed by atoms with Gasteiger partial charge in [0.05, 0.1) is 5.69 Å². The van der Waals surface area contributed by atoms with Crippen molar-refractivity contribution in [2.75, 3.05) is 5.73 Å². The van der Waals surface area contributed by atoms with Crippen LogP contribution in [0.15, 0.2) is 28.4 Å². The Balaban J connectivity index is 0.00000289. The summed E-state index contributed by atoms with van der Waals surface area (Å²) in [6.45, 7) is 11.4. The Morgan fingerprint density at radius 2 is 1.47 bits per heavy atom. The zero-order valence-corrected chi connectivity index (χ0v) is 21.7. The third-order valence-electron chi connectivity index (χ3n) is 4.65. The van der Waals surface area contributed by atoms with Crippen LogP contribution in [0, 0.1) is 47.7 Å². The number of aromatic nitrogens is 7. The van der Waals surface area contributed by atoms with Crippen molar-refractivity contribution in [1.29, 1.82) is 0 Å². The van der Waals surface area contributed by atoms with Crippen LogP contribution in [-0.2, 0) is 32.7 Å². The van der Waals surface area contributed by atoms with Crippen LogP contribution in [0.4, 0.5) is 17.3 Å². The molecular weight excluding hydrogens is 481 g/mol. The predicted octanol–water partition coefficient (Wildman–Crippen LogP) is 3.89. The summed E-state index contributed by atoms with van der Waals surface area (Å²) >= 11 is 0. The number of benzene rings is 1. The fraction of sp³-hybridized carbons (Fsp3) is 0.286. The second kappa shape index (κ2) is 9.34. The Kier molecular flexibility index (Phi) is 6.95. The molecule has 0 unspecified atom stereocenters. The van der Waals surface area contributed by atoms with E-state index in [4.69, 9.17) is 5.73 Å². The topological polar surface area (TPSA) is 125 Å². The van der Waals surface area contributed by atoms with Crippen LogP contribution < -0.4 is 5.73 Å². The number of nitrogens with two attached hydrogens (primary N) is 1. The van der Waals surface area contributed by atoms with Gasteiger partial charge in [0.2, 0.25) is 0 Å². The van der Waals surface area contributed by atoms with Crippen LogP contribution in [-0.4, -0.2) is 34.5 Å². The van der Waals surface area contributed by atoms with Crippen molar-refractivity contribution in [3.63, 3.8) is 0 Å². The molecule has 0 fully saturated rings. The first-order chi connectivity index (χ1) is 14.7. The Labute approximate surface area is 211 Å². The molecule has 11 heteroatoms. The van der Waals surface area contributed by atoms with Crippen molar-refractivity contribution in [1.82, 2.24) is 34.5 Å². The van der Waals surface area contributed by atoms with Crippen molar-refractivity contribution in [3.8, 4) is 11.6 Å². The normalized spacial score (nSPS) is 11.2. The van der Waals surface area contributed by atoms with Crippen LogP contribution in [0.1, 0.15) is 34.0 Å². The quantitative estimate of drug-likeness (QED) is 0.332. The van der Waals surface area contributed by atoms with E-state index in [0.717, 1.165) is 22.4 Å². The van der Waals surface area contributed by atoms with E-state index in [-0.39, 0.29) is 32.7 Å². The van der Waals surface area contributed by atoms with Crippen molar-refractivity contribution >= 4 is 17.3 Å². The van der Waals surface area contributed by atoms with Crippen LogP contribution in [0.3, 0.4) is 0 Å². The van der Waals surface area contributed by atoms with Gasteiger partial charge in [0, 0.05) is 44.2 Å². The number of nitrogen functional groups attached to an aromatic ring is 1. The largest absolute Gasteiger partial charge is 0.382 e. The molecule has 0 atom stereocenters. The van der Waals surface area contributed by atoms with Crippen molar-refractivity contribution in [3.05, 3.63) is 58.4 Å². The molecule has 10 nitrogen and oxygen atoms in total. The van der Waals surface area contributed by atoms with E-state index >= 15 is 0 Å². The van der Waals surface area contributed by atoms with E-state index in [0.29, 0.717) is 40.6 Å². The summed E-state index contributed by atoms with van der Waals surface area (Å²) < 4.78 is 3.17. The molecule has 0 spiro atoms. The smallest absolute Gasteiger partial charge is 0.256 e. The fourth-order valence-corrected chi connectivity index (χ4v) is 3.36. The van der Waals surface area contributed by atoms with Crippen LogP contribution in [0.2, 0.25) is 0 Å². The van der Waals surface area contributed by atoms with Gasteiger partial charge in [-0.05, 0) is 57.9 Å². The summed E-state index contributed by atoms with van der Waals surface area (Å²) in [5.74, 6) is 2.38. The van der Waals surface area contributed by atoms with E-state index in [1.54, 1.807) is 18.5 Å². The van der Waals surface area contributed by atoms with Gasteiger partial charge < -0.3 is 10.4 Å². The molecule has 4 aromatic rings. The molecule has 2 N–H and O–H groups in total. The molecular formula is C21H23N10Y-. The van der Waals surface area contributed by atoms with E-state index in [1.807, 2.05) is 39.8 Å². The first-order valence-electron chi connectivity index (χ1n) is 9.75. The first-order valence-corrected chi connectivity index (χ1v) is 9.75. The van der Waals surface area contributed by atoms with E-state index < -0.39 is 0 Å². The Hall–Kier alpha value is -2.85. The maximum absolute atomic E-state index is 6.32. The SMILES string of the molecule is Cc1cc(C)cc(-n2n[c-]c(C)c2N=Nc2c(C)nn(-c3nc(C)nc(C)n3)c2N)c1.[Y]. The Morgan fingerprint density at radius 3 is 2.09 bits per heavy atom. The third-order valence-corrected chi connectivity index (χ3v) is 4.65. The van der Waals surface area contributed by atoms with Gasteiger partial charge in [-0.2, -0.15) is 30.4 Å². The number of hydrogen-bond acceptors (Lipinski definition) is 8. The van der Waals surface area contributed by atoms with Crippen molar-refractivity contribution in [2.24, 2.45) is 10.2 Å². The zero-order valence-electron chi connectivity index (χ0n) is 18.9. The number of hydrogen-bond donors (Lipinski definition) is 1. The number of nitrogens with zero attached hydrogens (tertiary/aromatic N) is 9. The second-order valence-corrected chi connectivity index (χ2v) is 7.48. The molecule has 3 heterocycles. The number of azo groups is 1. The van der Waals surface area contributed by atoms with E-state index in [2.05, 4.69) is 47.6 Å². The number of rotatable bonds is 4. The molecule has 0 bridgehead atoms. The summed E-state index contributed by atoms with van der Waals surface area (Å²) in [5.41, 5.74) is 11.3. The molecule has 0 aliphatic carbocycles. The zero-order chi connectivity index (χ0) is 22.3. The third kappa shape index (κ3) is 4.66. The summed E-state index contributed by atoms with van der Waals surface area (Å²) in [4.78, 5) is 12.8. The molecule has 4 rings (SSSR count). The summed E-state index contributed by atoms with van der Waals surface area (Å²) in [6.07, 6.45) is 2.96. The van der Waals surface area contributed by atoms with Crippen LogP contribution in [0.5, 0.6) is 0 Å². The fourth-order valence-electron chi connectivity index (χ4n) is 3.36. The molecule has 3 aromatic heterocycles. The van der Waals surface area contributed by atoms with Gasteiger partial charge >= 0.3 is 0 Å². The average Bonchev–Trinajstić information content (AvgIpc) is 3.18. The molecule has 1 aromatic carbocycles. The van der Waals surface area contributed by atoms with Crippen molar-refractivity contribution < 1.29 is 32.7 Å². The first kappa shape index (κ1) is 23.8. The number of anilines is 1. The number of aryl methyl sites for hydroxylation is 6. The predicted molar refractivity (Wildman–Crippen MR) is 116 cm³/mol. The molecule has 1 radical (unpaired) electrons. The standard InChI is InChI=1S/C21H23N10.Y/c1-11-7-12(2)9-17(8-11)30-20(13(3)10-23-30)28-27-18-14(4)29-31(19(18)22)21-25-15(5)24-16(6)26-21;/h7-9H,22H2,1-6H3;/q-1;. The minimum atomic E-state index is 0. The van der Waals surface area contributed by atoms with E-state index in [9.17, 15) is 0 Å². The average molecular weight is 504 g/mol. The molecule has 32 heavy (non-hydrogen) atoms. The summed E-state index contributed by atoms with van der Waals surface area (Å²) in [7, 11) is 0. The Morgan fingerprint density at radius 1 is 0.844 bits per heavy atom.